The van der Waals surface area contributed by atoms with E-state index in [2.05, 4.69) is 0 Å². The van der Waals surface area contributed by atoms with Crippen LogP contribution in [-0.4, -0.2) is 33.7 Å². The average Bonchev–Trinajstić information content (AvgIpc) is 2.79. The number of rotatable bonds is 27. The van der Waals surface area contributed by atoms with Crippen LogP contribution in [0.15, 0.2) is 0 Å². The molecule has 6 nitrogen and oxygen atoms in total. The van der Waals surface area contributed by atoms with E-state index in [1.807, 2.05) is 0 Å². The second kappa shape index (κ2) is 24.0. The van der Waals surface area contributed by atoms with Gasteiger partial charge >= 0.3 is 11.9 Å². The summed E-state index contributed by atoms with van der Waals surface area (Å²) in [5, 5.41) is 17.8. The molecule has 0 radical (unpaired) electrons. The molecule has 1 atom stereocenters. The number of carboxylic acid groups (broad SMARTS) is 2. The summed E-state index contributed by atoms with van der Waals surface area (Å²) in [4.78, 5) is 44.8. The predicted molar refractivity (Wildman–Crippen MR) is 141 cm³/mol. The van der Waals surface area contributed by atoms with Gasteiger partial charge in [-0.1, -0.05) is 103 Å². The van der Waals surface area contributed by atoms with Crippen LogP contribution in [0.2, 0.25) is 0 Å². The Bertz CT molecular complexity index is 572. The van der Waals surface area contributed by atoms with Gasteiger partial charge in [0.05, 0.1) is 5.92 Å². The molecule has 0 heterocycles. The summed E-state index contributed by atoms with van der Waals surface area (Å²) in [7, 11) is 0. The second-order valence-corrected chi connectivity index (χ2v) is 10.3. The van der Waals surface area contributed by atoms with E-state index in [0.29, 0.717) is 12.8 Å². The lowest BCUT2D eigenvalue weighted by molar-refractivity contribution is -0.144. The Morgan fingerprint density at radius 3 is 1.17 bits per heavy atom. The summed E-state index contributed by atoms with van der Waals surface area (Å²) in [6.45, 7) is 1.45. The van der Waals surface area contributed by atoms with Crippen LogP contribution in [0.5, 0.6) is 0 Å². The Hall–Kier alpha value is -1.72. The lowest BCUT2D eigenvalue weighted by Crippen LogP contribution is -2.18. The van der Waals surface area contributed by atoms with Gasteiger partial charge in [0, 0.05) is 25.7 Å². The first-order chi connectivity index (χ1) is 16.8. The van der Waals surface area contributed by atoms with E-state index in [-0.39, 0.29) is 30.8 Å². The molecule has 0 saturated carbocycles. The first kappa shape index (κ1) is 33.3. The molecule has 0 aromatic heterocycles. The third-order valence-corrected chi connectivity index (χ3v) is 6.76. The molecule has 0 rings (SSSR count). The van der Waals surface area contributed by atoms with E-state index in [0.717, 1.165) is 32.1 Å². The van der Waals surface area contributed by atoms with Crippen molar-refractivity contribution >= 4 is 23.5 Å². The van der Waals surface area contributed by atoms with Crippen molar-refractivity contribution in [2.24, 2.45) is 5.92 Å². The molecule has 0 saturated heterocycles. The number of aliphatic carboxylic acids is 2. The zero-order chi connectivity index (χ0) is 26.2. The fourth-order valence-corrected chi connectivity index (χ4v) is 4.49. The predicted octanol–water partition coefficient (Wildman–Crippen LogP) is 7.90. The molecule has 6 heteroatoms. The fourth-order valence-electron chi connectivity index (χ4n) is 4.49. The van der Waals surface area contributed by atoms with Crippen LogP contribution in [0.4, 0.5) is 0 Å². The molecule has 0 aromatic rings. The summed E-state index contributed by atoms with van der Waals surface area (Å²) in [5.41, 5.74) is 0. The fraction of sp³-hybridized carbons (Fsp3) is 0.862. The molecule has 0 aliphatic rings. The van der Waals surface area contributed by atoms with Gasteiger partial charge in [-0.2, -0.15) is 0 Å². The van der Waals surface area contributed by atoms with Crippen LogP contribution in [0.1, 0.15) is 155 Å². The molecule has 204 valence electrons. The lowest BCUT2D eigenvalue weighted by Gasteiger charge is -2.10. The molecule has 35 heavy (non-hydrogen) atoms. The van der Waals surface area contributed by atoms with E-state index in [4.69, 9.17) is 5.11 Å². The highest BCUT2D eigenvalue weighted by atomic mass is 16.4. The summed E-state index contributed by atoms with van der Waals surface area (Å²) in [6, 6.07) is 0. The molecule has 0 bridgehead atoms. The number of unbranched alkanes of at least 4 members (excludes halogenated alkanes) is 17. The molecule has 0 aliphatic carbocycles. The van der Waals surface area contributed by atoms with Crippen LogP contribution in [0, 0.1) is 5.92 Å². The number of ketones is 2. The molecule has 0 aliphatic heterocycles. The van der Waals surface area contributed by atoms with Gasteiger partial charge in [-0.3, -0.25) is 14.4 Å². The van der Waals surface area contributed by atoms with Gasteiger partial charge in [-0.05, 0) is 26.2 Å². The van der Waals surface area contributed by atoms with Crippen LogP contribution in [0.3, 0.4) is 0 Å². The van der Waals surface area contributed by atoms with Crippen molar-refractivity contribution in [3.8, 4) is 0 Å². The summed E-state index contributed by atoms with van der Waals surface area (Å²) >= 11 is 0. The van der Waals surface area contributed by atoms with E-state index in [9.17, 15) is 24.3 Å². The van der Waals surface area contributed by atoms with Gasteiger partial charge in [0.15, 0.2) is 0 Å². The lowest BCUT2D eigenvalue weighted by atomic mass is 9.94. The highest BCUT2D eigenvalue weighted by Gasteiger charge is 2.21. The topological polar surface area (TPSA) is 109 Å². The third-order valence-electron chi connectivity index (χ3n) is 6.76. The quantitative estimate of drug-likeness (QED) is 0.112. The number of carboxylic acids is 2. The largest absolute Gasteiger partial charge is 0.481 e. The SMILES string of the molecule is CC(=O)CC[C@H](CC(=O)CCCCCCCCCCCCCCCCCCCCC(=O)O)C(=O)O. The van der Waals surface area contributed by atoms with Crippen molar-refractivity contribution in [1.29, 1.82) is 0 Å². The Labute approximate surface area is 213 Å². The third kappa shape index (κ3) is 25.2. The molecule has 0 fully saturated rings. The standard InChI is InChI=1S/C29H52O6/c1-25(30)22-23-26(29(34)35)24-27(31)20-18-16-14-12-10-8-6-4-2-3-5-7-9-11-13-15-17-19-21-28(32)33/h26H,2-24H2,1H3,(H,32,33)(H,34,35)/t26-/m1/s1. The Kier molecular flexibility index (Phi) is 22.8. The van der Waals surface area contributed by atoms with E-state index < -0.39 is 17.9 Å². The van der Waals surface area contributed by atoms with Crippen molar-refractivity contribution in [3.63, 3.8) is 0 Å². The summed E-state index contributed by atoms with van der Waals surface area (Å²) < 4.78 is 0. The zero-order valence-corrected chi connectivity index (χ0v) is 22.4. The van der Waals surface area contributed by atoms with Crippen LogP contribution in [-0.2, 0) is 19.2 Å². The second-order valence-electron chi connectivity index (χ2n) is 10.3. The van der Waals surface area contributed by atoms with Crippen LogP contribution in [0.25, 0.3) is 0 Å². The molecule has 0 aromatic carbocycles. The molecule has 0 unspecified atom stereocenters. The number of hydrogen-bond donors (Lipinski definition) is 2. The van der Waals surface area contributed by atoms with Gasteiger partial charge in [0.25, 0.3) is 0 Å². The van der Waals surface area contributed by atoms with Crippen molar-refractivity contribution in [1.82, 2.24) is 0 Å². The molecular weight excluding hydrogens is 444 g/mol. The van der Waals surface area contributed by atoms with Crippen LogP contribution < -0.4 is 0 Å². The minimum absolute atomic E-state index is 0.00827. The Morgan fingerprint density at radius 2 is 0.857 bits per heavy atom. The van der Waals surface area contributed by atoms with E-state index in [1.54, 1.807) is 0 Å². The van der Waals surface area contributed by atoms with Crippen LogP contribution >= 0.6 is 0 Å². The number of Topliss-reactive ketones (excluding diaryl/α,β-unsaturated/α-hetero) is 2. The van der Waals surface area contributed by atoms with Crippen molar-refractivity contribution in [2.45, 2.75) is 155 Å². The average molecular weight is 497 g/mol. The zero-order valence-electron chi connectivity index (χ0n) is 22.4. The molecule has 0 spiro atoms. The Balaban J connectivity index is 3.35. The van der Waals surface area contributed by atoms with Gasteiger partial charge in [0.2, 0.25) is 0 Å². The minimum Gasteiger partial charge on any atom is -0.481 e. The highest BCUT2D eigenvalue weighted by molar-refractivity contribution is 5.84. The smallest absolute Gasteiger partial charge is 0.306 e. The summed E-state index contributed by atoms with van der Waals surface area (Å²) in [6.07, 6.45) is 22.9. The minimum atomic E-state index is -0.974. The maximum Gasteiger partial charge on any atom is 0.306 e. The van der Waals surface area contributed by atoms with Crippen molar-refractivity contribution in [2.75, 3.05) is 0 Å². The molecule has 2 N–H and O–H groups in total. The maximum atomic E-state index is 12.0. The number of hydrogen-bond acceptors (Lipinski definition) is 4. The highest BCUT2D eigenvalue weighted by Crippen LogP contribution is 2.17. The van der Waals surface area contributed by atoms with E-state index in [1.165, 1.54) is 90.4 Å². The number of carbonyl (C=O) groups is 4. The number of carbonyl (C=O) groups excluding carboxylic acids is 2. The maximum absolute atomic E-state index is 12.0. The Morgan fingerprint density at radius 1 is 0.514 bits per heavy atom. The van der Waals surface area contributed by atoms with E-state index >= 15 is 0 Å². The van der Waals surface area contributed by atoms with Gasteiger partial charge in [0.1, 0.15) is 11.6 Å². The first-order valence-corrected chi connectivity index (χ1v) is 14.3. The molecular formula is C29H52O6. The van der Waals surface area contributed by atoms with Gasteiger partial charge < -0.3 is 15.0 Å². The first-order valence-electron chi connectivity index (χ1n) is 14.3. The molecule has 0 amide bonds. The van der Waals surface area contributed by atoms with Crippen molar-refractivity contribution < 1.29 is 29.4 Å². The monoisotopic (exact) mass is 496 g/mol. The normalized spacial score (nSPS) is 11.9. The summed E-state index contributed by atoms with van der Waals surface area (Å²) in [5.74, 6) is -2.40. The van der Waals surface area contributed by atoms with Crippen molar-refractivity contribution in [3.05, 3.63) is 0 Å². The van der Waals surface area contributed by atoms with Gasteiger partial charge in [-0.15, -0.1) is 0 Å². The van der Waals surface area contributed by atoms with Gasteiger partial charge in [-0.25, -0.2) is 0 Å².